The molecular formula is C23H27N5. The van der Waals surface area contributed by atoms with Crippen LogP contribution < -0.4 is 10.2 Å². The molecule has 0 bridgehead atoms. The van der Waals surface area contributed by atoms with Crippen LogP contribution in [0, 0.1) is 6.92 Å². The molecule has 5 heteroatoms. The zero-order valence-electron chi connectivity index (χ0n) is 16.6. The van der Waals surface area contributed by atoms with E-state index in [1.807, 2.05) is 18.2 Å². The van der Waals surface area contributed by atoms with Crippen LogP contribution in [-0.4, -0.2) is 47.6 Å². The van der Waals surface area contributed by atoms with Gasteiger partial charge in [0.15, 0.2) is 5.82 Å². The van der Waals surface area contributed by atoms with Gasteiger partial charge in [0.25, 0.3) is 0 Å². The number of aromatic nitrogens is 2. The van der Waals surface area contributed by atoms with Gasteiger partial charge < -0.3 is 15.1 Å². The van der Waals surface area contributed by atoms with E-state index < -0.39 is 0 Å². The van der Waals surface area contributed by atoms with Gasteiger partial charge in [0.1, 0.15) is 11.6 Å². The standard InChI is InChI=1S/C23H27N5/c1-3-27-12-14-28(15-13-27)22-17-21(24-20-11-7-8-18(2)16-20)25-23(26-22)19-9-5-4-6-10-19/h4-11,16-17H,3,12-15H2,1-2H3,(H,24,25,26). The Morgan fingerprint density at radius 2 is 1.68 bits per heavy atom. The van der Waals surface area contributed by atoms with Gasteiger partial charge in [-0.1, -0.05) is 49.4 Å². The first kappa shape index (κ1) is 18.4. The summed E-state index contributed by atoms with van der Waals surface area (Å²) in [5.74, 6) is 2.57. The van der Waals surface area contributed by atoms with Crippen LogP contribution >= 0.6 is 0 Å². The van der Waals surface area contributed by atoms with Crippen molar-refractivity contribution in [2.24, 2.45) is 0 Å². The number of nitrogens with one attached hydrogen (secondary N) is 1. The van der Waals surface area contributed by atoms with Gasteiger partial charge in [-0.3, -0.25) is 0 Å². The van der Waals surface area contributed by atoms with Gasteiger partial charge in [-0.2, -0.15) is 0 Å². The highest BCUT2D eigenvalue weighted by Gasteiger charge is 2.18. The number of nitrogens with zero attached hydrogens (tertiary/aromatic N) is 4. The lowest BCUT2D eigenvalue weighted by atomic mass is 10.2. The molecule has 3 aromatic rings. The first-order valence-electron chi connectivity index (χ1n) is 9.97. The van der Waals surface area contributed by atoms with Crippen molar-refractivity contribution in [2.45, 2.75) is 13.8 Å². The summed E-state index contributed by atoms with van der Waals surface area (Å²) in [6.45, 7) is 9.54. The fraction of sp³-hybridized carbons (Fsp3) is 0.304. The van der Waals surface area contributed by atoms with Crippen molar-refractivity contribution in [3.63, 3.8) is 0 Å². The summed E-state index contributed by atoms with van der Waals surface area (Å²) in [7, 11) is 0. The van der Waals surface area contributed by atoms with Crippen LogP contribution in [-0.2, 0) is 0 Å². The number of likely N-dealkylation sites (N-methyl/N-ethyl adjacent to an activating group) is 1. The molecule has 0 spiro atoms. The minimum atomic E-state index is 0.756. The van der Waals surface area contributed by atoms with Crippen molar-refractivity contribution in [3.8, 4) is 11.4 Å². The highest BCUT2D eigenvalue weighted by Crippen LogP contribution is 2.25. The molecule has 1 fully saturated rings. The number of anilines is 3. The fourth-order valence-corrected chi connectivity index (χ4v) is 3.54. The third kappa shape index (κ3) is 4.31. The van der Waals surface area contributed by atoms with Gasteiger partial charge in [0.2, 0.25) is 0 Å². The average Bonchev–Trinajstić information content (AvgIpc) is 2.74. The number of rotatable bonds is 5. The molecule has 1 N–H and O–H groups in total. The number of aryl methyl sites for hydroxylation is 1. The van der Waals surface area contributed by atoms with Crippen LogP contribution in [0.15, 0.2) is 60.7 Å². The summed E-state index contributed by atoms with van der Waals surface area (Å²) in [6, 6.07) is 20.6. The molecule has 0 amide bonds. The molecule has 4 rings (SSSR count). The third-order valence-corrected chi connectivity index (χ3v) is 5.18. The Morgan fingerprint density at radius 3 is 2.39 bits per heavy atom. The van der Waals surface area contributed by atoms with Gasteiger partial charge in [-0.25, -0.2) is 9.97 Å². The summed E-state index contributed by atoms with van der Waals surface area (Å²) in [6.07, 6.45) is 0. The molecule has 0 atom stereocenters. The quantitative estimate of drug-likeness (QED) is 0.721. The fourth-order valence-electron chi connectivity index (χ4n) is 3.54. The van der Waals surface area contributed by atoms with Gasteiger partial charge in [0.05, 0.1) is 0 Å². The Morgan fingerprint density at radius 1 is 0.893 bits per heavy atom. The second-order valence-electron chi connectivity index (χ2n) is 7.22. The second-order valence-corrected chi connectivity index (χ2v) is 7.22. The molecule has 1 aliphatic heterocycles. The molecule has 5 nitrogen and oxygen atoms in total. The first-order chi connectivity index (χ1) is 13.7. The first-order valence-corrected chi connectivity index (χ1v) is 9.97. The van der Waals surface area contributed by atoms with Gasteiger partial charge in [-0.05, 0) is 31.2 Å². The molecule has 2 heterocycles. The lowest BCUT2D eigenvalue weighted by molar-refractivity contribution is 0.270. The van der Waals surface area contributed by atoms with Crippen LogP contribution in [0.5, 0.6) is 0 Å². The lowest BCUT2D eigenvalue weighted by Crippen LogP contribution is -2.46. The van der Waals surface area contributed by atoms with Crippen molar-refractivity contribution in [2.75, 3.05) is 42.9 Å². The van der Waals surface area contributed by atoms with Crippen LogP contribution in [0.1, 0.15) is 12.5 Å². The minimum absolute atomic E-state index is 0.756. The van der Waals surface area contributed by atoms with Crippen molar-refractivity contribution in [1.29, 1.82) is 0 Å². The van der Waals surface area contributed by atoms with Gasteiger partial charge in [-0.15, -0.1) is 0 Å². The third-order valence-electron chi connectivity index (χ3n) is 5.18. The molecule has 28 heavy (non-hydrogen) atoms. The zero-order valence-corrected chi connectivity index (χ0v) is 16.6. The maximum atomic E-state index is 4.89. The topological polar surface area (TPSA) is 44.3 Å². The maximum absolute atomic E-state index is 4.89. The summed E-state index contributed by atoms with van der Waals surface area (Å²) < 4.78 is 0. The van der Waals surface area contributed by atoms with Crippen molar-refractivity contribution in [1.82, 2.24) is 14.9 Å². The van der Waals surface area contributed by atoms with E-state index in [0.717, 1.165) is 61.4 Å². The van der Waals surface area contributed by atoms with E-state index in [0.29, 0.717) is 0 Å². The highest BCUT2D eigenvalue weighted by atomic mass is 15.3. The molecular weight excluding hydrogens is 346 g/mol. The largest absolute Gasteiger partial charge is 0.354 e. The minimum Gasteiger partial charge on any atom is -0.354 e. The van der Waals surface area contributed by atoms with E-state index >= 15 is 0 Å². The number of piperazine rings is 1. The van der Waals surface area contributed by atoms with E-state index in [9.17, 15) is 0 Å². The number of benzene rings is 2. The molecule has 0 unspecified atom stereocenters. The predicted octanol–water partition coefficient (Wildman–Crippen LogP) is 4.34. The lowest BCUT2D eigenvalue weighted by Gasteiger charge is -2.35. The molecule has 2 aromatic carbocycles. The van der Waals surface area contributed by atoms with Crippen LogP contribution in [0.4, 0.5) is 17.3 Å². The van der Waals surface area contributed by atoms with Crippen LogP contribution in [0.25, 0.3) is 11.4 Å². The van der Waals surface area contributed by atoms with E-state index in [1.54, 1.807) is 0 Å². The Hall–Kier alpha value is -2.92. The number of hydrogen-bond donors (Lipinski definition) is 1. The highest BCUT2D eigenvalue weighted by molar-refractivity contribution is 5.65. The smallest absolute Gasteiger partial charge is 0.163 e. The number of hydrogen-bond acceptors (Lipinski definition) is 5. The van der Waals surface area contributed by atoms with E-state index in [2.05, 4.69) is 71.4 Å². The Bertz CT molecular complexity index is 917. The molecule has 144 valence electrons. The second kappa shape index (κ2) is 8.40. The monoisotopic (exact) mass is 373 g/mol. The maximum Gasteiger partial charge on any atom is 0.163 e. The molecule has 0 radical (unpaired) electrons. The normalized spacial score (nSPS) is 14.9. The Balaban J connectivity index is 1.67. The van der Waals surface area contributed by atoms with Gasteiger partial charge >= 0.3 is 0 Å². The van der Waals surface area contributed by atoms with Crippen LogP contribution in [0.2, 0.25) is 0 Å². The molecule has 1 aliphatic rings. The Kier molecular flexibility index (Phi) is 5.53. The zero-order chi connectivity index (χ0) is 19.3. The van der Waals surface area contributed by atoms with Gasteiger partial charge in [0, 0.05) is 43.5 Å². The summed E-state index contributed by atoms with van der Waals surface area (Å²) in [4.78, 5) is 14.5. The summed E-state index contributed by atoms with van der Waals surface area (Å²) in [5, 5.41) is 3.47. The molecule has 0 saturated carbocycles. The Labute approximate surface area is 167 Å². The van der Waals surface area contributed by atoms with E-state index in [1.165, 1.54) is 5.56 Å². The van der Waals surface area contributed by atoms with Crippen LogP contribution in [0.3, 0.4) is 0 Å². The average molecular weight is 374 g/mol. The van der Waals surface area contributed by atoms with Crippen molar-refractivity contribution in [3.05, 3.63) is 66.2 Å². The molecule has 1 aromatic heterocycles. The summed E-state index contributed by atoms with van der Waals surface area (Å²) >= 11 is 0. The van der Waals surface area contributed by atoms with E-state index in [4.69, 9.17) is 9.97 Å². The summed E-state index contributed by atoms with van der Waals surface area (Å²) in [5.41, 5.74) is 3.29. The van der Waals surface area contributed by atoms with Crippen molar-refractivity contribution >= 4 is 17.3 Å². The molecule has 1 saturated heterocycles. The molecule has 0 aliphatic carbocycles. The predicted molar refractivity (Wildman–Crippen MR) is 116 cm³/mol. The SMILES string of the molecule is CCN1CCN(c2cc(Nc3cccc(C)c3)nc(-c3ccccc3)n2)CC1. The van der Waals surface area contributed by atoms with E-state index in [-0.39, 0.29) is 0 Å². The van der Waals surface area contributed by atoms with Crippen molar-refractivity contribution < 1.29 is 0 Å².